The third-order valence-electron chi connectivity index (χ3n) is 6.12. The first-order valence-corrected chi connectivity index (χ1v) is 12.3. The van der Waals surface area contributed by atoms with E-state index in [0.717, 1.165) is 22.3 Å². The van der Waals surface area contributed by atoms with E-state index in [2.05, 4.69) is 0 Å². The van der Waals surface area contributed by atoms with Crippen molar-refractivity contribution in [3.8, 4) is 0 Å². The van der Waals surface area contributed by atoms with Gasteiger partial charge >= 0.3 is 0 Å². The van der Waals surface area contributed by atoms with E-state index in [0.29, 0.717) is 25.7 Å². The largest absolute Gasteiger partial charge is 0.296 e. The molecule has 172 valence electrons. The molecule has 3 heteroatoms. The molecule has 0 aliphatic rings. The van der Waals surface area contributed by atoms with Gasteiger partial charge < -0.3 is 0 Å². The Labute approximate surface area is 212 Å². The fourth-order valence-corrected chi connectivity index (χ4v) is 5.55. The molecule has 4 aromatic rings. The Kier molecular flexibility index (Phi) is 7.88. The molecule has 0 aliphatic carbocycles. The number of benzene rings is 4. The molecule has 0 aromatic heterocycles. The number of rotatable bonds is 10. The summed E-state index contributed by atoms with van der Waals surface area (Å²) in [6.07, 6.45) is 1.62. The van der Waals surface area contributed by atoms with Crippen LogP contribution in [0.4, 0.5) is 0 Å². The summed E-state index contributed by atoms with van der Waals surface area (Å²) >= 11 is 14.7. The van der Waals surface area contributed by atoms with Gasteiger partial charge in [0.1, 0.15) is 9.75 Å². The summed E-state index contributed by atoms with van der Waals surface area (Å²) in [5.74, 6) is -0.135. The van der Waals surface area contributed by atoms with Crippen LogP contribution in [0.25, 0.3) is 0 Å². The standard InChI is InChI=1S/C31H28Cl2O/c32-30(21-25-13-5-1-6-14-25,22-26-15-7-2-8-16-26)29(34)31(33,23-27-17-9-3-10-18-27)24-28-19-11-4-12-20-28/h1-20H,21-24H2. The summed E-state index contributed by atoms with van der Waals surface area (Å²) in [5, 5.41) is 0. The molecule has 0 spiro atoms. The van der Waals surface area contributed by atoms with Gasteiger partial charge in [-0.3, -0.25) is 4.79 Å². The smallest absolute Gasteiger partial charge is 0.175 e. The van der Waals surface area contributed by atoms with Gasteiger partial charge in [-0.2, -0.15) is 0 Å². The highest BCUT2D eigenvalue weighted by Crippen LogP contribution is 2.38. The summed E-state index contributed by atoms with van der Waals surface area (Å²) < 4.78 is 0. The molecule has 0 saturated carbocycles. The number of carbonyl (C=O) groups is 1. The summed E-state index contributed by atoms with van der Waals surface area (Å²) in [5.41, 5.74) is 4.06. The first-order chi connectivity index (χ1) is 16.5. The molecule has 1 nitrogen and oxygen atoms in total. The van der Waals surface area contributed by atoms with Crippen LogP contribution >= 0.6 is 23.2 Å². The molecule has 0 unspecified atom stereocenters. The number of halogens is 2. The monoisotopic (exact) mass is 486 g/mol. The predicted octanol–water partition coefficient (Wildman–Crippen LogP) is 7.48. The Balaban J connectivity index is 1.74. The minimum atomic E-state index is -1.19. The zero-order chi connectivity index (χ0) is 23.9. The van der Waals surface area contributed by atoms with Crippen molar-refractivity contribution in [2.75, 3.05) is 0 Å². The molecule has 0 N–H and O–H groups in total. The zero-order valence-corrected chi connectivity index (χ0v) is 20.6. The number of alkyl halides is 2. The Morgan fingerprint density at radius 1 is 0.441 bits per heavy atom. The van der Waals surface area contributed by atoms with Crippen molar-refractivity contribution in [2.45, 2.75) is 35.4 Å². The van der Waals surface area contributed by atoms with E-state index >= 15 is 0 Å². The van der Waals surface area contributed by atoms with Crippen molar-refractivity contribution < 1.29 is 4.79 Å². The predicted molar refractivity (Wildman–Crippen MR) is 143 cm³/mol. The van der Waals surface area contributed by atoms with Crippen LogP contribution in [0.5, 0.6) is 0 Å². The van der Waals surface area contributed by atoms with Crippen molar-refractivity contribution in [1.29, 1.82) is 0 Å². The zero-order valence-electron chi connectivity index (χ0n) is 19.0. The highest BCUT2D eigenvalue weighted by Gasteiger charge is 2.48. The number of Topliss-reactive ketones (excluding diaryl/α,β-unsaturated/α-hetero) is 1. The minimum Gasteiger partial charge on any atom is -0.296 e. The van der Waals surface area contributed by atoms with Gasteiger partial charge in [0.15, 0.2) is 5.78 Å². The quantitative estimate of drug-likeness (QED) is 0.212. The molecule has 34 heavy (non-hydrogen) atoms. The normalized spacial score (nSPS) is 11.8. The number of ketones is 1. The van der Waals surface area contributed by atoms with E-state index in [1.165, 1.54) is 0 Å². The molecule has 0 radical (unpaired) electrons. The van der Waals surface area contributed by atoms with Gasteiger partial charge in [0.2, 0.25) is 0 Å². The second-order valence-corrected chi connectivity index (χ2v) is 10.4. The molecule has 4 rings (SSSR count). The van der Waals surface area contributed by atoms with E-state index < -0.39 is 9.75 Å². The Morgan fingerprint density at radius 3 is 0.853 bits per heavy atom. The van der Waals surface area contributed by atoms with Gasteiger partial charge in [-0.1, -0.05) is 121 Å². The van der Waals surface area contributed by atoms with Crippen LogP contribution in [0.3, 0.4) is 0 Å². The van der Waals surface area contributed by atoms with Crippen molar-refractivity contribution in [1.82, 2.24) is 0 Å². The highest BCUT2D eigenvalue weighted by molar-refractivity contribution is 6.45. The van der Waals surface area contributed by atoms with Gasteiger partial charge in [-0.05, 0) is 47.9 Å². The third kappa shape index (κ3) is 6.17. The average molecular weight is 487 g/mol. The lowest BCUT2D eigenvalue weighted by Gasteiger charge is -2.36. The van der Waals surface area contributed by atoms with Crippen molar-refractivity contribution in [2.24, 2.45) is 0 Å². The van der Waals surface area contributed by atoms with Gasteiger partial charge in [0, 0.05) is 0 Å². The van der Waals surface area contributed by atoms with Crippen LogP contribution in [0.2, 0.25) is 0 Å². The number of carbonyl (C=O) groups excluding carboxylic acids is 1. The maximum Gasteiger partial charge on any atom is 0.175 e. The highest BCUT2D eigenvalue weighted by atomic mass is 35.5. The Bertz CT molecular complexity index is 997. The molecular weight excluding hydrogens is 459 g/mol. The van der Waals surface area contributed by atoms with Crippen molar-refractivity contribution in [3.63, 3.8) is 0 Å². The fourth-order valence-electron chi connectivity index (χ4n) is 4.53. The molecule has 0 heterocycles. The van der Waals surface area contributed by atoms with E-state index in [1.807, 2.05) is 121 Å². The lowest BCUT2D eigenvalue weighted by Crippen LogP contribution is -2.51. The van der Waals surface area contributed by atoms with Crippen LogP contribution in [0, 0.1) is 0 Å². The lowest BCUT2D eigenvalue weighted by atomic mass is 9.78. The van der Waals surface area contributed by atoms with E-state index in [9.17, 15) is 4.79 Å². The summed E-state index contributed by atoms with van der Waals surface area (Å²) in [4.78, 5) is 12.1. The van der Waals surface area contributed by atoms with Gasteiger partial charge in [0.05, 0.1) is 0 Å². The maximum atomic E-state index is 14.4. The van der Waals surface area contributed by atoms with Gasteiger partial charge in [-0.25, -0.2) is 0 Å². The lowest BCUT2D eigenvalue weighted by molar-refractivity contribution is -0.124. The number of hydrogen-bond acceptors (Lipinski definition) is 1. The maximum absolute atomic E-state index is 14.4. The summed E-state index contributed by atoms with van der Waals surface area (Å²) in [6, 6.07) is 39.8. The first-order valence-electron chi connectivity index (χ1n) is 11.6. The van der Waals surface area contributed by atoms with Gasteiger partial charge in [-0.15, -0.1) is 23.2 Å². The second kappa shape index (κ2) is 11.0. The molecule has 0 aliphatic heterocycles. The first kappa shape index (κ1) is 24.3. The fraction of sp³-hybridized carbons (Fsp3) is 0.194. The topological polar surface area (TPSA) is 17.1 Å². The van der Waals surface area contributed by atoms with Crippen molar-refractivity contribution in [3.05, 3.63) is 144 Å². The van der Waals surface area contributed by atoms with Crippen LogP contribution in [-0.4, -0.2) is 15.5 Å². The summed E-state index contributed by atoms with van der Waals surface area (Å²) in [7, 11) is 0. The Hall–Kier alpha value is -2.87. The molecule has 0 fully saturated rings. The van der Waals surface area contributed by atoms with E-state index in [1.54, 1.807) is 0 Å². The van der Waals surface area contributed by atoms with E-state index in [-0.39, 0.29) is 5.78 Å². The van der Waals surface area contributed by atoms with Gasteiger partial charge in [0.25, 0.3) is 0 Å². The van der Waals surface area contributed by atoms with E-state index in [4.69, 9.17) is 23.2 Å². The minimum absolute atomic E-state index is 0.135. The van der Waals surface area contributed by atoms with Crippen LogP contribution in [0.1, 0.15) is 22.3 Å². The molecule has 0 saturated heterocycles. The molecule has 0 amide bonds. The molecule has 0 atom stereocenters. The van der Waals surface area contributed by atoms with Crippen LogP contribution < -0.4 is 0 Å². The SMILES string of the molecule is O=C(C(Cl)(Cc1ccccc1)Cc1ccccc1)C(Cl)(Cc1ccccc1)Cc1ccccc1. The molecular formula is C31H28Cl2O. The second-order valence-electron chi connectivity index (χ2n) is 8.91. The van der Waals surface area contributed by atoms with Crippen molar-refractivity contribution >= 4 is 29.0 Å². The van der Waals surface area contributed by atoms with Crippen LogP contribution in [-0.2, 0) is 30.5 Å². The molecule has 4 aromatic carbocycles. The molecule has 0 bridgehead atoms. The third-order valence-corrected chi connectivity index (χ3v) is 7.00. The average Bonchev–Trinajstić information content (AvgIpc) is 2.86. The summed E-state index contributed by atoms with van der Waals surface area (Å²) in [6.45, 7) is 0. The number of hydrogen-bond donors (Lipinski definition) is 0. The Morgan fingerprint density at radius 2 is 0.647 bits per heavy atom. The van der Waals surface area contributed by atoms with Crippen LogP contribution in [0.15, 0.2) is 121 Å².